The Labute approximate surface area is 163 Å². The lowest BCUT2D eigenvalue weighted by Gasteiger charge is -2.07. The molecule has 0 bridgehead atoms. The van der Waals surface area contributed by atoms with Crippen LogP contribution in [0.3, 0.4) is 0 Å². The van der Waals surface area contributed by atoms with E-state index in [9.17, 15) is 27.6 Å². The van der Waals surface area contributed by atoms with Crippen LogP contribution >= 0.6 is 0 Å². The number of benzene rings is 2. The van der Waals surface area contributed by atoms with Gasteiger partial charge in [-0.15, -0.1) is 0 Å². The summed E-state index contributed by atoms with van der Waals surface area (Å²) < 4.78 is 52.5. The molecule has 0 aromatic heterocycles. The first-order valence-corrected chi connectivity index (χ1v) is 8.15. The standard InChI is InChI=1S/C20H15F3O6/c1-13(24)27-12-19(26)29-17-7-3-6-16(11-17)28-18(25)9-8-14-4-2-5-15(10-14)20(21,22)23/h2-11H,12H2,1H3/b9-8+. The zero-order chi connectivity index (χ0) is 21.4. The maximum Gasteiger partial charge on any atom is 0.416 e. The van der Waals surface area contributed by atoms with Crippen molar-refractivity contribution >= 4 is 24.0 Å². The number of halogens is 3. The summed E-state index contributed by atoms with van der Waals surface area (Å²) in [6.07, 6.45) is -2.34. The highest BCUT2D eigenvalue weighted by atomic mass is 19.4. The van der Waals surface area contributed by atoms with Gasteiger partial charge in [0.05, 0.1) is 5.56 Å². The minimum atomic E-state index is -4.49. The predicted molar refractivity (Wildman–Crippen MR) is 94.8 cm³/mol. The summed E-state index contributed by atoms with van der Waals surface area (Å²) in [5, 5.41) is 0. The van der Waals surface area contributed by atoms with Crippen LogP contribution in [0.15, 0.2) is 54.6 Å². The largest absolute Gasteiger partial charge is 0.454 e. The van der Waals surface area contributed by atoms with E-state index in [1.54, 1.807) is 0 Å². The molecule has 6 nitrogen and oxygen atoms in total. The fourth-order valence-electron chi connectivity index (χ4n) is 2.06. The van der Waals surface area contributed by atoms with Crippen LogP contribution in [0.4, 0.5) is 13.2 Å². The fraction of sp³-hybridized carbons (Fsp3) is 0.150. The molecular formula is C20H15F3O6. The molecule has 0 N–H and O–H groups in total. The molecule has 2 aromatic carbocycles. The van der Waals surface area contributed by atoms with E-state index < -0.39 is 36.3 Å². The van der Waals surface area contributed by atoms with Crippen molar-refractivity contribution in [2.75, 3.05) is 6.61 Å². The first kappa shape index (κ1) is 21.7. The summed E-state index contributed by atoms with van der Waals surface area (Å²) in [6.45, 7) is 0.569. The number of esters is 3. The Balaban J connectivity index is 1.98. The molecule has 29 heavy (non-hydrogen) atoms. The van der Waals surface area contributed by atoms with Gasteiger partial charge in [-0.25, -0.2) is 9.59 Å². The average molecular weight is 408 g/mol. The Morgan fingerprint density at radius 1 is 0.966 bits per heavy atom. The van der Waals surface area contributed by atoms with E-state index in [0.717, 1.165) is 25.1 Å². The Morgan fingerprint density at radius 2 is 1.62 bits per heavy atom. The van der Waals surface area contributed by atoms with Crippen LogP contribution in [0.25, 0.3) is 6.08 Å². The van der Waals surface area contributed by atoms with Crippen molar-refractivity contribution in [3.63, 3.8) is 0 Å². The molecule has 0 aliphatic heterocycles. The van der Waals surface area contributed by atoms with Gasteiger partial charge in [-0.1, -0.05) is 18.2 Å². The van der Waals surface area contributed by atoms with Crippen molar-refractivity contribution in [3.05, 3.63) is 65.7 Å². The third-order valence-electron chi connectivity index (χ3n) is 3.27. The highest BCUT2D eigenvalue weighted by Gasteiger charge is 2.30. The van der Waals surface area contributed by atoms with Crippen molar-refractivity contribution in [2.45, 2.75) is 13.1 Å². The van der Waals surface area contributed by atoms with Crippen molar-refractivity contribution < 1.29 is 41.8 Å². The quantitative estimate of drug-likeness (QED) is 0.411. The zero-order valence-corrected chi connectivity index (χ0v) is 15.1. The van der Waals surface area contributed by atoms with E-state index in [4.69, 9.17) is 9.47 Å². The molecule has 2 aromatic rings. The normalized spacial score (nSPS) is 11.2. The molecule has 0 unspecified atom stereocenters. The molecule has 0 heterocycles. The average Bonchev–Trinajstić information content (AvgIpc) is 2.64. The van der Waals surface area contributed by atoms with E-state index in [-0.39, 0.29) is 17.1 Å². The molecule has 0 amide bonds. The third kappa shape index (κ3) is 7.49. The molecule has 0 spiro atoms. The van der Waals surface area contributed by atoms with E-state index in [1.807, 2.05) is 0 Å². The first-order valence-electron chi connectivity index (χ1n) is 8.15. The molecule has 0 saturated heterocycles. The van der Waals surface area contributed by atoms with Gasteiger partial charge < -0.3 is 14.2 Å². The van der Waals surface area contributed by atoms with Crippen LogP contribution < -0.4 is 9.47 Å². The maximum absolute atomic E-state index is 12.7. The lowest BCUT2D eigenvalue weighted by atomic mass is 10.1. The lowest BCUT2D eigenvalue weighted by Crippen LogP contribution is -2.17. The highest BCUT2D eigenvalue weighted by molar-refractivity contribution is 5.88. The number of hydrogen-bond acceptors (Lipinski definition) is 6. The molecule has 2 rings (SSSR count). The molecule has 9 heteroatoms. The molecule has 0 fully saturated rings. The number of hydrogen-bond donors (Lipinski definition) is 0. The summed E-state index contributed by atoms with van der Waals surface area (Å²) >= 11 is 0. The second-order valence-electron chi connectivity index (χ2n) is 5.61. The van der Waals surface area contributed by atoms with Crippen molar-refractivity contribution in [3.8, 4) is 11.5 Å². The minimum absolute atomic E-state index is 0.0430. The second kappa shape index (κ2) is 9.54. The SMILES string of the molecule is CC(=O)OCC(=O)Oc1cccc(OC(=O)/C=C/c2cccc(C(F)(F)F)c2)c1. The number of carbonyl (C=O) groups is 3. The first-order chi connectivity index (χ1) is 13.6. The van der Waals surface area contributed by atoms with Gasteiger partial charge in [0, 0.05) is 19.1 Å². The van der Waals surface area contributed by atoms with E-state index >= 15 is 0 Å². The van der Waals surface area contributed by atoms with E-state index in [2.05, 4.69) is 4.74 Å². The van der Waals surface area contributed by atoms with Gasteiger partial charge in [-0.05, 0) is 35.9 Å². The van der Waals surface area contributed by atoms with Crippen molar-refractivity contribution in [1.29, 1.82) is 0 Å². The number of alkyl halides is 3. The van der Waals surface area contributed by atoms with Crippen molar-refractivity contribution in [1.82, 2.24) is 0 Å². The van der Waals surface area contributed by atoms with Crippen LogP contribution in [-0.2, 0) is 25.3 Å². The summed E-state index contributed by atoms with van der Waals surface area (Å²) in [5.41, 5.74) is -0.666. The Kier molecular flexibility index (Phi) is 7.13. The van der Waals surface area contributed by atoms with E-state index in [1.165, 1.54) is 42.5 Å². The highest BCUT2D eigenvalue weighted by Crippen LogP contribution is 2.29. The zero-order valence-electron chi connectivity index (χ0n) is 15.1. The Morgan fingerprint density at radius 3 is 2.28 bits per heavy atom. The molecule has 0 aliphatic rings. The molecule has 0 aliphatic carbocycles. The van der Waals surface area contributed by atoms with Crippen molar-refractivity contribution in [2.24, 2.45) is 0 Å². The smallest absolute Gasteiger partial charge is 0.416 e. The second-order valence-corrected chi connectivity index (χ2v) is 5.61. The summed E-state index contributed by atoms with van der Waals surface area (Å²) in [5.74, 6) is -2.22. The number of carbonyl (C=O) groups excluding carboxylic acids is 3. The third-order valence-corrected chi connectivity index (χ3v) is 3.27. The van der Waals surface area contributed by atoms with Gasteiger partial charge in [0.15, 0.2) is 6.61 Å². The van der Waals surface area contributed by atoms with Crippen LogP contribution in [0.2, 0.25) is 0 Å². The topological polar surface area (TPSA) is 78.9 Å². The van der Waals surface area contributed by atoms with Crippen LogP contribution in [-0.4, -0.2) is 24.5 Å². The van der Waals surface area contributed by atoms with Gasteiger partial charge in [-0.2, -0.15) is 13.2 Å². The summed E-state index contributed by atoms with van der Waals surface area (Å²) in [6, 6.07) is 9.98. The van der Waals surface area contributed by atoms with Gasteiger partial charge in [-0.3, -0.25) is 4.79 Å². The summed E-state index contributed by atoms with van der Waals surface area (Å²) in [7, 11) is 0. The van der Waals surface area contributed by atoms with Crippen LogP contribution in [0.1, 0.15) is 18.1 Å². The van der Waals surface area contributed by atoms with E-state index in [0.29, 0.717) is 0 Å². The minimum Gasteiger partial charge on any atom is -0.454 e. The van der Waals surface area contributed by atoms with Crippen LogP contribution in [0, 0.1) is 0 Å². The van der Waals surface area contributed by atoms with Gasteiger partial charge in [0.1, 0.15) is 11.5 Å². The maximum atomic E-state index is 12.7. The van der Waals surface area contributed by atoms with Crippen LogP contribution in [0.5, 0.6) is 11.5 Å². The predicted octanol–water partition coefficient (Wildman–Crippen LogP) is 3.79. The van der Waals surface area contributed by atoms with Gasteiger partial charge >= 0.3 is 24.1 Å². The number of ether oxygens (including phenoxy) is 3. The molecule has 0 saturated carbocycles. The Hall–Kier alpha value is -3.62. The fourth-order valence-corrected chi connectivity index (χ4v) is 2.06. The number of rotatable bonds is 6. The lowest BCUT2D eigenvalue weighted by molar-refractivity contribution is -0.152. The monoisotopic (exact) mass is 408 g/mol. The molecular weight excluding hydrogens is 393 g/mol. The molecule has 152 valence electrons. The molecule has 0 radical (unpaired) electrons. The van der Waals surface area contributed by atoms with Gasteiger partial charge in [0.2, 0.25) is 0 Å². The molecule has 0 atom stereocenters. The summed E-state index contributed by atoms with van der Waals surface area (Å²) in [4.78, 5) is 34.0. The Bertz CT molecular complexity index is 934. The van der Waals surface area contributed by atoms with Gasteiger partial charge in [0.25, 0.3) is 0 Å².